The van der Waals surface area contributed by atoms with E-state index in [2.05, 4.69) is 36.7 Å². The molecule has 7 heteroatoms. The van der Waals surface area contributed by atoms with Crippen molar-refractivity contribution in [3.8, 4) is 0 Å². The van der Waals surface area contributed by atoms with Crippen LogP contribution in [0.1, 0.15) is 104 Å². The highest BCUT2D eigenvalue weighted by Gasteiger charge is 2.30. The van der Waals surface area contributed by atoms with E-state index in [4.69, 9.17) is 19.9 Å². The molecular formula is C29H44N6O. The third-order valence-corrected chi connectivity index (χ3v) is 8.51. The second kappa shape index (κ2) is 10.2. The predicted octanol–water partition coefficient (Wildman–Crippen LogP) is 6.01. The van der Waals surface area contributed by atoms with Crippen LogP contribution in [0.2, 0.25) is 0 Å². The molecule has 5 rings (SSSR count). The number of nitrogens with zero attached hydrogens (tertiary/aromatic N) is 5. The van der Waals surface area contributed by atoms with E-state index in [0.717, 1.165) is 42.4 Å². The minimum Gasteiger partial charge on any atom is -0.382 e. The zero-order chi connectivity index (χ0) is 25.4. The quantitative estimate of drug-likeness (QED) is 0.471. The summed E-state index contributed by atoms with van der Waals surface area (Å²) in [6.07, 6.45) is 13.5. The molecule has 2 saturated carbocycles. The number of fused-ring (bicyclic) bond motifs is 1. The van der Waals surface area contributed by atoms with Crippen LogP contribution in [-0.2, 0) is 12.1 Å². The van der Waals surface area contributed by atoms with Gasteiger partial charge >= 0.3 is 0 Å². The van der Waals surface area contributed by atoms with Gasteiger partial charge in [0.2, 0.25) is 0 Å². The van der Waals surface area contributed by atoms with Gasteiger partial charge in [0.1, 0.15) is 16.8 Å². The Balaban J connectivity index is 1.66. The lowest BCUT2D eigenvalue weighted by molar-refractivity contribution is 0.0692. The third kappa shape index (κ3) is 5.22. The topological polar surface area (TPSA) is 88.2 Å². The maximum atomic E-state index is 10.8. The smallest absolute Gasteiger partial charge is 0.184 e. The van der Waals surface area contributed by atoms with E-state index in [1.807, 2.05) is 0 Å². The van der Waals surface area contributed by atoms with Crippen LogP contribution in [0.5, 0.6) is 0 Å². The molecule has 7 nitrogen and oxygen atoms in total. The molecule has 2 aliphatic carbocycles. The molecule has 1 atom stereocenters. The molecule has 3 heterocycles. The molecule has 0 radical (unpaired) electrons. The minimum atomic E-state index is -1.15. The Labute approximate surface area is 215 Å². The summed E-state index contributed by atoms with van der Waals surface area (Å²) in [6.45, 7) is 12.0. The summed E-state index contributed by atoms with van der Waals surface area (Å²) < 4.78 is 2.36. The van der Waals surface area contributed by atoms with Gasteiger partial charge < -0.3 is 15.0 Å². The van der Waals surface area contributed by atoms with Crippen LogP contribution in [0.25, 0.3) is 11.2 Å². The number of hydrogen-bond donors (Lipinski definition) is 2. The van der Waals surface area contributed by atoms with Crippen LogP contribution in [0, 0.1) is 17.8 Å². The maximum Gasteiger partial charge on any atom is 0.184 e. The van der Waals surface area contributed by atoms with Gasteiger partial charge in [0.25, 0.3) is 0 Å². The van der Waals surface area contributed by atoms with Crippen LogP contribution in [0.3, 0.4) is 0 Å². The fraction of sp³-hybridized carbons (Fsp3) is 0.724. The van der Waals surface area contributed by atoms with Gasteiger partial charge in [-0.15, -0.1) is 0 Å². The standard InChI is InChI=1S/C29H44N6O/c1-18(2)22-14-15-30-23(16-22)27-32-26-24(35(27)17-20-10-7-6-8-11-20)25(31-19(3)21-12-9-13-21)33-28(34-26)29(4,5)36/h16,18-21,36H,6-15,17H2,1-5H3,(H,31,33,34)/t19-/m1/s1. The molecule has 0 aromatic carbocycles. The Morgan fingerprint density at radius 1 is 1.03 bits per heavy atom. The number of nitrogens with one attached hydrogen (secondary N) is 1. The van der Waals surface area contributed by atoms with Gasteiger partial charge in [-0.3, -0.25) is 4.99 Å². The maximum absolute atomic E-state index is 10.8. The monoisotopic (exact) mass is 492 g/mol. The number of rotatable bonds is 8. The Morgan fingerprint density at radius 3 is 2.42 bits per heavy atom. The van der Waals surface area contributed by atoms with Crippen molar-refractivity contribution in [1.29, 1.82) is 0 Å². The van der Waals surface area contributed by atoms with E-state index < -0.39 is 5.60 Å². The number of aliphatic hydroxyl groups is 1. The first kappa shape index (κ1) is 25.4. The van der Waals surface area contributed by atoms with E-state index in [9.17, 15) is 5.11 Å². The normalized spacial score (nSPS) is 20.9. The molecule has 2 aromatic rings. The van der Waals surface area contributed by atoms with Gasteiger partial charge in [-0.1, -0.05) is 45.1 Å². The molecule has 1 aliphatic heterocycles. The van der Waals surface area contributed by atoms with E-state index in [-0.39, 0.29) is 0 Å². The summed E-state index contributed by atoms with van der Waals surface area (Å²) in [6, 6.07) is 0.312. The summed E-state index contributed by atoms with van der Waals surface area (Å²) in [5, 5.41) is 14.6. The Kier molecular flexibility index (Phi) is 7.21. The van der Waals surface area contributed by atoms with Crippen LogP contribution < -0.4 is 5.32 Å². The molecule has 2 aromatic heterocycles. The lowest BCUT2D eigenvalue weighted by atomic mass is 9.80. The highest BCUT2D eigenvalue weighted by Crippen LogP contribution is 2.35. The van der Waals surface area contributed by atoms with Crippen molar-refractivity contribution in [2.75, 3.05) is 11.9 Å². The number of anilines is 1. The first-order valence-corrected chi connectivity index (χ1v) is 14.2. The van der Waals surface area contributed by atoms with Crippen molar-refractivity contribution in [2.24, 2.45) is 22.7 Å². The van der Waals surface area contributed by atoms with E-state index in [0.29, 0.717) is 35.3 Å². The third-order valence-electron chi connectivity index (χ3n) is 8.51. The number of hydrogen-bond acceptors (Lipinski definition) is 6. The van der Waals surface area contributed by atoms with Gasteiger partial charge in [0.05, 0.1) is 0 Å². The number of allylic oxidation sites excluding steroid dienone is 1. The minimum absolute atomic E-state index is 0.312. The lowest BCUT2D eigenvalue weighted by Gasteiger charge is -2.32. The van der Waals surface area contributed by atoms with Crippen LogP contribution >= 0.6 is 0 Å². The average molecular weight is 493 g/mol. The van der Waals surface area contributed by atoms with Gasteiger partial charge in [-0.2, -0.15) is 0 Å². The van der Waals surface area contributed by atoms with E-state index in [1.54, 1.807) is 13.8 Å². The summed E-state index contributed by atoms with van der Waals surface area (Å²) in [7, 11) is 0. The number of aliphatic imine (C=N–C) groups is 1. The zero-order valence-corrected chi connectivity index (χ0v) is 22.8. The fourth-order valence-corrected chi connectivity index (χ4v) is 5.87. The molecule has 36 heavy (non-hydrogen) atoms. The van der Waals surface area contributed by atoms with Crippen LogP contribution in [0.4, 0.5) is 5.82 Å². The van der Waals surface area contributed by atoms with Crippen molar-refractivity contribution in [1.82, 2.24) is 19.5 Å². The second-order valence-corrected chi connectivity index (χ2v) is 12.2. The van der Waals surface area contributed by atoms with Gasteiger partial charge in [0.15, 0.2) is 23.1 Å². The SMILES string of the molecule is CC(C)C1=CC(c2nc3nc(C(C)(C)O)nc(N[C@H](C)C4CCC4)c3n2CC2CCCCC2)=NCC1. The highest BCUT2D eigenvalue weighted by atomic mass is 16.3. The van der Waals surface area contributed by atoms with Crippen molar-refractivity contribution in [2.45, 2.75) is 111 Å². The zero-order valence-electron chi connectivity index (χ0n) is 22.8. The molecule has 196 valence electrons. The number of aromatic nitrogens is 4. The molecule has 3 aliphatic rings. The van der Waals surface area contributed by atoms with Gasteiger partial charge in [0, 0.05) is 19.1 Å². The van der Waals surface area contributed by atoms with Crippen molar-refractivity contribution >= 4 is 22.7 Å². The van der Waals surface area contributed by atoms with Crippen molar-refractivity contribution in [3.05, 3.63) is 23.3 Å². The largest absolute Gasteiger partial charge is 0.382 e. The van der Waals surface area contributed by atoms with Gasteiger partial charge in [-0.25, -0.2) is 15.0 Å². The van der Waals surface area contributed by atoms with Crippen LogP contribution in [-0.4, -0.2) is 42.9 Å². The molecule has 0 spiro atoms. The Morgan fingerprint density at radius 2 is 1.78 bits per heavy atom. The number of dihydropyridines is 1. The van der Waals surface area contributed by atoms with Crippen LogP contribution in [0.15, 0.2) is 16.6 Å². The summed E-state index contributed by atoms with van der Waals surface area (Å²) in [5.41, 5.74) is 2.86. The molecule has 0 bridgehead atoms. The Bertz CT molecular complexity index is 1140. The number of imidazole rings is 1. The molecule has 0 amide bonds. The average Bonchev–Trinajstić information content (AvgIpc) is 3.16. The summed E-state index contributed by atoms with van der Waals surface area (Å²) in [4.78, 5) is 19.8. The Hall–Kier alpha value is -2.28. The van der Waals surface area contributed by atoms with Crippen molar-refractivity contribution < 1.29 is 5.11 Å². The molecule has 2 fully saturated rings. The molecule has 2 N–H and O–H groups in total. The summed E-state index contributed by atoms with van der Waals surface area (Å²) >= 11 is 0. The first-order valence-electron chi connectivity index (χ1n) is 14.2. The predicted molar refractivity (Wildman–Crippen MR) is 147 cm³/mol. The highest BCUT2D eigenvalue weighted by molar-refractivity contribution is 6.09. The van der Waals surface area contributed by atoms with Crippen molar-refractivity contribution in [3.63, 3.8) is 0 Å². The fourth-order valence-electron chi connectivity index (χ4n) is 5.87. The van der Waals surface area contributed by atoms with E-state index in [1.165, 1.54) is 56.9 Å². The second-order valence-electron chi connectivity index (χ2n) is 12.2. The lowest BCUT2D eigenvalue weighted by Crippen LogP contribution is -2.32. The summed E-state index contributed by atoms with van der Waals surface area (Å²) in [5.74, 6) is 3.89. The van der Waals surface area contributed by atoms with E-state index >= 15 is 0 Å². The molecular weight excluding hydrogens is 448 g/mol. The molecule has 0 saturated heterocycles. The van der Waals surface area contributed by atoms with Gasteiger partial charge in [-0.05, 0) is 76.7 Å². The first-order chi connectivity index (χ1) is 17.2. The molecule has 0 unspecified atom stereocenters.